The fraction of sp³-hybridized carbons (Fsp3) is 0.150. The highest BCUT2D eigenvalue weighted by Gasteiger charge is 2.28. The summed E-state index contributed by atoms with van der Waals surface area (Å²) < 4.78 is 25.0. The molecule has 0 unspecified atom stereocenters. The highest BCUT2D eigenvalue weighted by atomic mass is 19.1. The average molecular weight is 335 g/mol. The van der Waals surface area contributed by atoms with Gasteiger partial charge in [0.1, 0.15) is 19.0 Å². The van der Waals surface area contributed by atoms with E-state index in [2.05, 4.69) is 5.32 Å². The molecule has 2 heterocycles. The molecule has 4 nitrogen and oxygen atoms in total. The molecule has 2 aliphatic heterocycles. The van der Waals surface area contributed by atoms with Gasteiger partial charge in [0.2, 0.25) is 0 Å². The lowest BCUT2D eigenvalue weighted by molar-refractivity contribution is 0.0966. The number of benzene rings is 3. The van der Waals surface area contributed by atoms with E-state index in [1.54, 1.807) is 12.1 Å². The molecule has 0 aliphatic carbocycles. The fourth-order valence-corrected chi connectivity index (χ4v) is 3.62. The van der Waals surface area contributed by atoms with Crippen LogP contribution < -0.4 is 14.8 Å². The first kappa shape index (κ1) is 14.3. The number of carbonyl (C=O) groups is 1. The van der Waals surface area contributed by atoms with Crippen LogP contribution in [0.25, 0.3) is 21.9 Å². The number of fused-ring (bicyclic) bond motifs is 4. The zero-order chi connectivity index (χ0) is 17.0. The van der Waals surface area contributed by atoms with Gasteiger partial charge in [-0.15, -0.1) is 0 Å². The summed E-state index contributed by atoms with van der Waals surface area (Å²) in [7, 11) is 0. The van der Waals surface area contributed by atoms with Crippen molar-refractivity contribution in [3.8, 4) is 22.6 Å². The van der Waals surface area contributed by atoms with Crippen molar-refractivity contribution in [2.45, 2.75) is 6.54 Å². The molecule has 0 saturated carbocycles. The van der Waals surface area contributed by atoms with E-state index in [1.165, 1.54) is 12.1 Å². The van der Waals surface area contributed by atoms with Gasteiger partial charge in [0.15, 0.2) is 11.5 Å². The van der Waals surface area contributed by atoms with Crippen LogP contribution in [0.1, 0.15) is 15.9 Å². The molecule has 0 saturated heterocycles. The van der Waals surface area contributed by atoms with Crippen molar-refractivity contribution in [3.05, 3.63) is 59.4 Å². The van der Waals surface area contributed by atoms with Crippen LogP contribution in [-0.2, 0) is 6.54 Å². The van der Waals surface area contributed by atoms with Crippen molar-refractivity contribution in [2.24, 2.45) is 0 Å². The maximum atomic E-state index is 13.4. The Hall–Kier alpha value is -3.08. The molecule has 2 aliphatic rings. The van der Waals surface area contributed by atoms with Crippen molar-refractivity contribution in [1.29, 1.82) is 0 Å². The summed E-state index contributed by atoms with van der Waals surface area (Å²) in [6.45, 7) is 1.43. The smallest absolute Gasteiger partial charge is 0.251 e. The van der Waals surface area contributed by atoms with Crippen molar-refractivity contribution in [1.82, 2.24) is 5.32 Å². The van der Waals surface area contributed by atoms with Gasteiger partial charge in [-0.2, -0.15) is 0 Å². The van der Waals surface area contributed by atoms with Crippen molar-refractivity contribution in [3.63, 3.8) is 0 Å². The van der Waals surface area contributed by atoms with Gasteiger partial charge in [-0.3, -0.25) is 4.79 Å². The lowest BCUT2D eigenvalue weighted by atomic mass is 9.90. The molecule has 3 aromatic carbocycles. The van der Waals surface area contributed by atoms with Crippen LogP contribution >= 0.6 is 0 Å². The summed E-state index contributed by atoms with van der Waals surface area (Å²) in [4.78, 5) is 12.2. The molecule has 0 fully saturated rings. The Bertz CT molecular complexity index is 1030. The van der Waals surface area contributed by atoms with E-state index in [0.717, 1.165) is 27.5 Å². The second kappa shape index (κ2) is 5.21. The maximum Gasteiger partial charge on any atom is 0.251 e. The molecule has 124 valence electrons. The Labute approximate surface area is 143 Å². The first-order valence-corrected chi connectivity index (χ1v) is 8.15. The van der Waals surface area contributed by atoms with E-state index < -0.39 is 0 Å². The number of halogens is 1. The molecule has 0 radical (unpaired) electrons. The molecule has 5 heteroatoms. The second-order valence-electron chi connectivity index (χ2n) is 6.16. The molecule has 0 spiro atoms. The van der Waals surface area contributed by atoms with Crippen LogP contribution in [0, 0.1) is 5.82 Å². The molecule has 0 atom stereocenters. The summed E-state index contributed by atoms with van der Waals surface area (Å²) in [6.07, 6.45) is 0. The number of carbonyl (C=O) groups excluding carboxylic acids is 1. The summed E-state index contributed by atoms with van der Waals surface area (Å²) >= 11 is 0. The van der Waals surface area contributed by atoms with Crippen LogP contribution in [-0.4, -0.2) is 19.1 Å². The number of rotatable bonds is 1. The molecule has 1 amide bonds. The number of hydrogen-bond donors (Lipinski definition) is 1. The summed E-state index contributed by atoms with van der Waals surface area (Å²) in [5.74, 6) is 0.996. The number of amides is 1. The molecule has 3 aromatic rings. The molecular formula is C20H14FNO3. The Morgan fingerprint density at radius 2 is 1.80 bits per heavy atom. The van der Waals surface area contributed by atoms with Crippen LogP contribution in [0.3, 0.4) is 0 Å². The molecule has 25 heavy (non-hydrogen) atoms. The topological polar surface area (TPSA) is 47.6 Å². The van der Waals surface area contributed by atoms with E-state index in [1.807, 2.05) is 18.2 Å². The number of hydrogen-bond acceptors (Lipinski definition) is 3. The number of nitrogens with one attached hydrogen (secondary N) is 1. The fourth-order valence-electron chi connectivity index (χ4n) is 3.62. The van der Waals surface area contributed by atoms with Gasteiger partial charge in [0, 0.05) is 17.5 Å². The van der Waals surface area contributed by atoms with Gasteiger partial charge >= 0.3 is 0 Å². The van der Waals surface area contributed by atoms with Crippen LogP contribution in [0.15, 0.2) is 42.5 Å². The van der Waals surface area contributed by atoms with Gasteiger partial charge in [0.05, 0.1) is 0 Å². The van der Waals surface area contributed by atoms with Crippen molar-refractivity contribution >= 4 is 16.7 Å². The van der Waals surface area contributed by atoms with E-state index in [0.29, 0.717) is 36.8 Å². The highest BCUT2D eigenvalue weighted by molar-refractivity contribution is 6.11. The molecular weight excluding hydrogens is 321 g/mol. The SMILES string of the molecule is O=C1NCc2c1cc1ccc3c(c1c2-c1ccc(F)cc1)OCCO3. The minimum absolute atomic E-state index is 0.0878. The van der Waals surface area contributed by atoms with E-state index in [4.69, 9.17) is 9.47 Å². The van der Waals surface area contributed by atoms with Crippen LogP contribution in [0.2, 0.25) is 0 Å². The monoisotopic (exact) mass is 335 g/mol. The van der Waals surface area contributed by atoms with Crippen molar-refractivity contribution < 1.29 is 18.7 Å². The van der Waals surface area contributed by atoms with Gasteiger partial charge in [-0.05, 0) is 46.3 Å². The van der Waals surface area contributed by atoms with Crippen LogP contribution in [0.4, 0.5) is 4.39 Å². The molecule has 1 N–H and O–H groups in total. The summed E-state index contributed by atoms with van der Waals surface area (Å²) in [6, 6.07) is 12.0. The lowest BCUT2D eigenvalue weighted by Gasteiger charge is -2.22. The Kier molecular flexibility index (Phi) is 2.98. The standard InChI is InChI=1S/C20H14FNO3/c21-13-4-1-11(2-5-13)17-15-10-22-20(23)14(15)9-12-3-6-16-19(18(12)17)25-8-7-24-16/h1-6,9H,7-8,10H2,(H,22,23). The zero-order valence-electron chi connectivity index (χ0n) is 13.3. The van der Waals surface area contributed by atoms with E-state index >= 15 is 0 Å². The van der Waals surface area contributed by atoms with Gasteiger partial charge < -0.3 is 14.8 Å². The van der Waals surface area contributed by atoms with Gasteiger partial charge in [-0.1, -0.05) is 18.2 Å². The predicted octanol–water partition coefficient (Wildman–Crippen LogP) is 3.66. The van der Waals surface area contributed by atoms with E-state index in [9.17, 15) is 9.18 Å². The largest absolute Gasteiger partial charge is 0.486 e. The zero-order valence-corrected chi connectivity index (χ0v) is 13.3. The van der Waals surface area contributed by atoms with Crippen LogP contribution in [0.5, 0.6) is 11.5 Å². The minimum Gasteiger partial charge on any atom is -0.486 e. The minimum atomic E-state index is -0.295. The average Bonchev–Trinajstić information content (AvgIpc) is 3.01. The first-order chi connectivity index (χ1) is 12.2. The van der Waals surface area contributed by atoms with Gasteiger partial charge in [-0.25, -0.2) is 4.39 Å². The van der Waals surface area contributed by atoms with Gasteiger partial charge in [0.25, 0.3) is 5.91 Å². The maximum absolute atomic E-state index is 13.4. The normalized spacial score (nSPS) is 15.2. The highest BCUT2D eigenvalue weighted by Crippen LogP contribution is 2.46. The Morgan fingerprint density at radius 1 is 1.00 bits per heavy atom. The third kappa shape index (κ3) is 2.09. The first-order valence-electron chi connectivity index (χ1n) is 8.15. The van der Waals surface area contributed by atoms with E-state index in [-0.39, 0.29) is 11.7 Å². The third-order valence-corrected chi connectivity index (χ3v) is 4.72. The predicted molar refractivity (Wildman–Crippen MR) is 91.5 cm³/mol. The number of ether oxygens (including phenoxy) is 2. The summed E-state index contributed by atoms with van der Waals surface area (Å²) in [5.41, 5.74) is 3.31. The van der Waals surface area contributed by atoms with Crippen molar-refractivity contribution in [2.75, 3.05) is 13.2 Å². The third-order valence-electron chi connectivity index (χ3n) is 4.72. The lowest BCUT2D eigenvalue weighted by Crippen LogP contribution is -2.15. The molecule has 0 bridgehead atoms. The summed E-state index contributed by atoms with van der Waals surface area (Å²) in [5, 5.41) is 4.68. The Morgan fingerprint density at radius 3 is 2.64 bits per heavy atom. The molecule has 5 rings (SSSR count). The second-order valence-corrected chi connectivity index (χ2v) is 6.16. The Balaban J connectivity index is 1.92. The molecule has 0 aromatic heterocycles. The quantitative estimate of drug-likeness (QED) is 0.738.